The van der Waals surface area contributed by atoms with Crippen molar-refractivity contribution in [2.45, 2.75) is 13.8 Å². The van der Waals surface area contributed by atoms with Crippen LogP contribution in [-0.2, 0) is 9.59 Å². The lowest BCUT2D eigenvalue weighted by Crippen LogP contribution is -2.24. The van der Waals surface area contributed by atoms with Gasteiger partial charge in [-0.15, -0.1) is 0 Å². The number of aromatic nitrogens is 1. The summed E-state index contributed by atoms with van der Waals surface area (Å²) < 4.78 is 11.7. The SMILES string of the molecule is CC(=O)Oc1c(OC(C)=O)c2ccccc2n(-c2ccccc2)c1=O. The van der Waals surface area contributed by atoms with Crippen molar-refractivity contribution in [2.75, 3.05) is 0 Å². The van der Waals surface area contributed by atoms with Crippen LogP contribution in [0.5, 0.6) is 11.5 Å². The highest BCUT2D eigenvalue weighted by Crippen LogP contribution is 2.34. The van der Waals surface area contributed by atoms with Gasteiger partial charge in [-0.1, -0.05) is 30.3 Å². The zero-order valence-corrected chi connectivity index (χ0v) is 13.7. The molecule has 25 heavy (non-hydrogen) atoms. The highest BCUT2D eigenvalue weighted by atomic mass is 16.6. The van der Waals surface area contributed by atoms with Gasteiger partial charge in [-0.3, -0.25) is 19.0 Å². The third-order valence-corrected chi connectivity index (χ3v) is 3.50. The van der Waals surface area contributed by atoms with Crippen LogP contribution in [0.15, 0.2) is 59.4 Å². The van der Waals surface area contributed by atoms with Crippen LogP contribution in [0.3, 0.4) is 0 Å². The van der Waals surface area contributed by atoms with Gasteiger partial charge in [0.1, 0.15) is 0 Å². The van der Waals surface area contributed by atoms with Crippen LogP contribution >= 0.6 is 0 Å². The fourth-order valence-corrected chi connectivity index (χ4v) is 2.60. The zero-order valence-electron chi connectivity index (χ0n) is 13.7. The Morgan fingerprint density at radius 3 is 2.00 bits per heavy atom. The Morgan fingerprint density at radius 1 is 0.800 bits per heavy atom. The molecule has 0 saturated carbocycles. The molecule has 6 nitrogen and oxygen atoms in total. The van der Waals surface area contributed by atoms with Crippen molar-refractivity contribution in [3.63, 3.8) is 0 Å². The Bertz CT molecular complexity index is 1020. The molecule has 0 aliphatic carbocycles. The smallest absolute Gasteiger partial charge is 0.308 e. The highest BCUT2D eigenvalue weighted by Gasteiger charge is 2.22. The molecule has 0 aliphatic heterocycles. The van der Waals surface area contributed by atoms with E-state index >= 15 is 0 Å². The summed E-state index contributed by atoms with van der Waals surface area (Å²) in [4.78, 5) is 36.0. The van der Waals surface area contributed by atoms with E-state index in [4.69, 9.17) is 9.47 Å². The summed E-state index contributed by atoms with van der Waals surface area (Å²) in [5, 5.41) is 0.484. The first-order valence-electron chi connectivity index (χ1n) is 7.59. The first-order valence-corrected chi connectivity index (χ1v) is 7.59. The molecule has 1 aromatic heterocycles. The minimum Gasteiger partial charge on any atom is -0.422 e. The fourth-order valence-electron chi connectivity index (χ4n) is 2.60. The highest BCUT2D eigenvalue weighted by molar-refractivity contribution is 5.92. The summed E-state index contributed by atoms with van der Waals surface area (Å²) in [5.41, 5.74) is 0.550. The number of nitrogens with zero attached hydrogens (tertiary/aromatic N) is 1. The number of pyridine rings is 1. The second kappa shape index (κ2) is 6.60. The second-order valence-corrected chi connectivity index (χ2v) is 5.34. The van der Waals surface area contributed by atoms with Gasteiger partial charge >= 0.3 is 17.5 Å². The summed E-state index contributed by atoms with van der Waals surface area (Å²) in [6.07, 6.45) is 0. The monoisotopic (exact) mass is 337 g/mol. The third kappa shape index (κ3) is 3.14. The summed E-state index contributed by atoms with van der Waals surface area (Å²) in [6.45, 7) is 2.40. The summed E-state index contributed by atoms with van der Waals surface area (Å²) in [5.74, 6) is -1.67. The van der Waals surface area contributed by atoms with Crippen molar-refractivity contribution in [1.29, 1.82) is 0 Å². The van der Waals surface area contributed by atoms with Gasteiger partial charge in [0.2, 0.25) is 5.75 Å². The molecule has 126 valence electrons. The van der Waals surface area contributed by atoms with Crippen molar-refractivity contribution >= 4 is 22.8 Å². The molecule has 3 aromatic rings. The van der Waals surface area contributed by atoms with Crippen LogP contribution in [-0.4, -0.2) is 16.5 Å². The van der Waals surface area contributed by atoms with Gasteiger partial charge in [-0.05, 0) is 24.3 Å². The first kappa shape index (κ1) is 16.4. The van der Waals surface area contributed by atoms with E-state index in [0.717, 1.165) is 0 Å². The standard InChI is InChI=1S/C19H15NO5/c1-12(21)24-17-15-10-6-7-11-16(15)20(14-8-4-3-5-9-14)19(23)18(17)25-13(2)22/h3-11H,1-2H3. The lowest BCUT2D eigenvalue weighted by Gasteiger charge is -2.16. The number of esters is 2. The molecular weight excluding hydrogens is 322 g/mol. The van der Waals surface area contributed by atoms with Crippen LogP contribution in [0.2, 0.25) is 0 Å². The first-order chi connectivity index (χ1) is 12.0. The van der Waals surface area contributed by atoms with Crippen LogP contribution in [0.4, 0.5) is 0 Å². The topological polar surface area (TPSA) is 74.6 Å². The summed E-state index contributed by atoms with van der Waals surface area (Å²) >= 11 is 0. The molecule has 0 bridgehead atoms. The van der Waals surface area contributed by atoms with Gasteiger partial charge in [0.05, 0.1) is 5.52 Å². The van der Waals surface area contributed by atoms with E-state index in [-0.39, 0.29) is 11.5 Å². The molecule has 0 N–H and O–H groups in total. The van der Waals surface area contributed by atoms with E-state index < -0.39 is 17.5 Å². The summed E-state index contributed by atoms with van der Waals surface area (Å²) in [6, 6.07) is 15.9. The van der Waals surface area contributed by atoms with E-state index in [1.54, 1.807) is 48.5 Å². The van der Waals surface area contributed by atoms with Gasteiger partial charge in [-0.25, -0.2) is 0 Å². The number of hydrogen-bond donors (Lipinski definition) is 0. The van der Waals surface area contributed by atoms with Gasteiger partial charge in [0.25, 0.3) is 0 Å². The molecule has 0 fully saturated rings. The van der Waals surface area contributed by atoms with Gasteiger partial charge < -0.3 is 9.47 Å². The zero-order chi connectivity index (χ0) is 18.0. The predicted octanol–water partition coefficient (Wildman–Crippen LogP) is 2.84. The van der Waals surface area contributed by atoms with E-state index in [2.05, 4.69) is 0 Å². The molecule has 0 radical (unpaired) electrons. The van der Waals surface area contributed by atoms with E-state index in [0.29, 0.717) is 16.6 Å². The molecular formula is C19H15NO5. The molecule has 3 rings (SSSR count). The van der Waals surface area contributed by atoms with Gasteiger partial charge in [0.15, 0.2) is 5.75 Å². The van der Waals surface area contributed by atoms with Crippen LogP contribution in [0, 0.1) is 0 Å². The van der Waals surface area contributed by atoms with Crippen molar-refractivity contribution in [2.24, 2.45) is 0 Å². The number of ether oxygens (including phenoxy) is 2. The largest absolute Gasteiger partial charge is 0.422 e. The molecule has 0 aliphatic rings. The number of fused-ring (bicyclic) bond motifs is 1. The Labute approximate surface area is 143 Å². The Morgan fingerprint density at radius 2 is 1.36 bits per heavy atom. The maximum Gasteiger partial charge on any atom is 0.308 e. The molecule has 0 atom stereocenters. The molecule has 0 saturated heterocycles. The molecule has 0 amide bonds. The minimum atomic E-state index is -0.680. The van der Waals surface area contributed by atoms with E-state index in [9.17, 15) is 14.4 Å². The Balaban J connectivity index is 2.45. The molecule has 1 heterocycles. The lowest BCUT2D eigenvalue weighted by atomic mass is 10.1. The van der Waals surface area contributed by atoms with Crippen molar-refractivity contribution < 1.29 is 19.1 Å². The number of carbonyl (C=O) groups is 2. The number of hydrogen-bond acceptors (Lipinski definition) is 5. The van der Waals surface area contributed by atoms with Crippen LogP contribution < -0.4 is 15.0 Å². The van der Waals surface area contributed by atoms with E-state index in [1.807, 2.05) is 6.07 Å². The maximum atomic E-state index is 13.0. The predicted molar refractivity (Wildman–Crippen MR) is 92.2 cm³/mol. The number of para-hydroxylation sites is 2. The fraction of sp³-hybridized carbons (Fsp3) is 0.105. The average Bonchev–Trinajstić information content (AvgIpc) is 2.58. The van der Waals surface area contributed by atoms with Crippen LogP contribution in [0.25, 0.3) is 16.6 Å². The number of benzene rings is 2. The molecule has 0 spiro atoms. The molecule has 2 aromatic carbocycles. The Kier molecular flexibility index (Phi) is 4.35. The summed E-state index contributed by atoms with van der Waals surface area (Å²) in [7, 11) is 0. The second-order valence-electron chi connectivity index (χ2n) is 5.34. The number of rotatable bonds is 3. The number of carbonyl (C=O) groups excluding carboxylic acids is 2. The normalized spacial score (nSPS) is 10.5. The van der Waals surface area contributed by atoms with Gasteiger partial charge in [0, 0.05) is 24.9 Å². The van der Waals surface area contributed by atoms with Crippen molar-refractivity contribution in [1.82, 2.24) is 4.57 Å². The maximum absolute atomic E-state index is 13.0. The third-order valence-electron chi connectivity index (χ3n) is 3.50. The Hall–Kier alpha value is -3.41. The quantitative estimate of drug-likeness (QED) is 0.687. The molecule has 0 unspecified atom stereocenters. The minimum absolute atomic E-state index is 0.0597. The van der Waals surface area contributed by atoms with Crippen LogP contribution in [0.1, 0.15) is 13.8 Å². The molecule has 6 heteroatoms. The average molecular weight is 337 g/mol. The van der Waals surface area contributed by atoms with Gasteiger partial charge in [-0.2, -0.15) is 0 Å². The van der Waals surface area contributed by atoms with Crippen molar-refractivity contribution in [3.8, 4) is 17.2 Å². The van der Waals surface area contributed by atoms with E-state index in [1.165, 1.54) is 18.4 Å². The van der Waals surface area contributed by atoms with Crippen molar-refractivity contribution in [3.05, 3.63) is 65.0 Å². The lowest BCUT2D eigenvalue weighted by molar-refractivity contribution is -0.134.